The highest BCUT2D eigenvalue weighted by molar-refractivity contribution is 9.10. The first-order valence-corrected chi connectivity index (χ1v) is 10.3. The Kier molecular flexibility index (Phi) is 5.45. The van der Waals surface area contributed by atoms with Crippen molar-refractivity contribution in [2.24, 2.45) is 0 Å². The molecular weight excluding hydrogens is 406 g/mol. The Morgan fingerprint density at radius 3 is 1.93 bits per heavy atom. The van der Waals surface area contributed by atoms with Crippen molar-refractivity contribution in [2.75, 3.05) is 74.1 Å². The van der Waals surface area contributed by atoms with Crippen LogP contribution < -0.4 is 14.7 Å². The summed E-state index contributed by atoms with van der Waals surface area (Å²) in [6, 6.07) is 4.29. The van der Waals surface area contributed by atoms with Gasteiger partial charge in [0.2, 0.25) is 0 Å². The molecule has 0 N–H and O–H groups in total. The van der Waals surface area contributed by atoms with Gasteiger partial charge in [-0.2, -0.15) is 0 Å². The van der Waals surface area contributed by atoms with Gasteiger partial charge in [-0.1, -0.05) is 0 Å². The number of anilines is 3. The van der Waals surface area contributed by atoms with E-state index in [1.165, 1.54) is 5.69 Å². The molecule has 0 aliphatic carbocycles. The molecule has 0 amide bonds. The Labute approximate surface area is 169 Å². The number of aryl methyl sites for hydroxylation is 1. The molecule has 2 saturated heterocycles. The van der Waals surface area contributed by atoms with Crippen LogP contribution in [0, 0.1) is 6.92 Å². The third-order valence-electron chi connectivity index (χ3n) is 5.30. The van der Waals surface area contributed by atoms with E-state index >= 15 is 0 Å². The number of halogens is 1. The Morgan fingerprint density at radius 2 is 1.33 bits per heavy atom. The van der Waals surface area contributed by atoms with Gasteiger partial charge in [0.25, 0.3) is 0 Å². The van der Waals surface area contributed by atoms with Crippen LogP contribution in [0.15, 0.2) is 29.0 Å². The van der Waals surface area contributed by atoms with Crippen molar-refractivity contribution in [3.8, 4) is 0 Å². The summed E-state index contributed by atoms with van der Waals surface area (Å²) >= 11 is 3.51. The number of pyridine rings is 1. The quantitative estimate of drug-likeness (QED) is 0.736. The van der Waals surface area contributed by atoms with E-state index in [-0.39, 0.29) is 0 Å². The molecule has 144 valence electrons. The van der Waals surface area contributed by atoms with Crippen LogP contribution in [0.4, 0.5) is 17.3 Å². The first-order valence-electron chi connectivity index (χ1n) is 9.48. The summed E-state index contributed by atoms with van der Waals surface area (Å²) in [6.07, 6.45) is 3.75. The van der Waals surface area contributed by atoms with Crippen LogP contribution in [0.5, 0.6) is 0 Å². The van der Waals surface area contributed by atoms with Gasteiger partial charge in [-0.25, -0.2) is 9.97 Å². The minimum atomic E-state index is 0.847. The van der Waals surface area contributed by atoms with Crippen LogP contribution in [0.3, 0.4) is 0 Å². The maximum absolute atomic E-state index is 4.72. The van der Waals surface area contributed by atoms with Gasteiger partial charge in [-0.05, 0) is 36.0 Å². The first-order chi connectivity index (χ1) is 13.1. The molecule has 0 spiro atoms. The highest BCUT2D eigenvalue weighted by Gasteiger charge is 2.22. The smallest absolute Gasteiger partial charge is 0.134 e. The van der Waals surface area contributed by atoms with E-state index in [0.29, 0.717) is 0 Å². The fourth-order valence-corrected chi connectivity index (χ4v) is 4.02. The van der Waals surface area contributed by atoms with Crippen LogP contribution >= 0.6 is 15.9 Å². The summed E-state index contributed by atoms with van der Waals surface area (Å²) in [5.74, 6) is 2.95. The highest BCUT2D eigenvalue weighted by Crippen LogP contribution is 2.24. The Bertz CT molecular complexity index is 783. The highest BCUT2D eigenvalue weighted by atomic mass is 79.9. The van der Waals surface area contributed by atoms with Crippen molar-refractivity contribution < 1.29 is 0 Å². The topological polar surface area (TPSA) is 51.6 Å². The first kappa shape index (κ1) is 18.4. The van der Waals surface area contributed by atoms with Gasteiger partial charge in [0.1, 0.15) is 17.5 Å². The number of piperazine rings is 2. The normalized spacial score (nSPS) is 18.9. The van der Waals surface area contributed by atoms with E-state index in [1.807, 2.05) is 19.3 Å². The molecule has 2 fully saturated rings. The fourth-order valence-electron chi connectivity index (χ4n) is 3.66. The van der Waals surface area contributed by atoms with Crippen LogP contribution in [0.25, 0.3) is 0 Å². The summed E-state index contributed by atoms with van der Waals surface area (Å²) in [4.78, 5) is 23.2. The van der Waals surface area contributed by atoms with Crippen molar-refractivity contribution in [1.82, 2.24) is 19.9 Å². The standard InChI is InChI=1S/C19H26BrN7/c1-15-22-18(26-5-3-24(2)4-6-26)12-19(23-15)27-9-7-25(8-10-27)17-11-16(20)13-21-14-17/h11-14H,3-10H2,1-2H3. The van der Waals surface area contributed by atoms with E-state index in [2.05, 4.69) is 59.7 Å². The Morgan fingerprint density at radius 1 is 0.778 bits per heavy atom. The maximum Gasteiger partial charge on any atom is 0.134 e. The summed E-state index contributed by atoms with van der Waals surface area (Å²) in [5, 5.41) is 0. The fraction of sp³-hybridized carbons (Fsp3) is 0.526. The van der Waals surface area contributed by atoms with Crippen LogP contribution in [0.2, 0.25) is 0 Å². The lowest BCUT2D eigenvalue weighted by atomic mass is 10.2. The molecule has 7 nitrogen and oxygen atoms in total. The van der Waals surface area contributed by atoms with Crippen LogP contribution in [0.1, 0.15) is 5.82 Å². The van der Waals surface area contributed by atoms with Gasteiger partial charge in [-0.15, -0.1) is 0 Å². The number of aromatic nitrogens is 3. The average Bonchev–Trinajstić information content (AvgIpc) is 2.68. The number of hydrogen-bond donors (Lipinski definition) is 0. The molecule has 4 rings (SSSR count). The summed E-state index contributed by atoms with van der Waals surface area (Å²) in [7, 11) is 2.17. The van der Waals surface area contributed by atoms with Gasteiger partial charge in [0.05, 0.1) is 11.9 Å². The van der Waals surface area contributed by atoms with Crippen molar-refractivity contribution in [1.29, 1.82) is 0 Å². The molecule has 2 aromatic rings. The van der Waals surface area contributed by atoms with Crippen molar-refractivity contribution in [3.63, 3.8) is 0 Å². The number of rotatable bonds is 3. The molecule has 0 unspecified atom stereocenters. The van der Waals surface area contributed by atoms with E-state index in [0.717, 1.165) is 74.3 Å². The molecule has 2 aliphatic rings. The monoisotopic (exact) mass is 431 g/mol. The van der Waals surface area contributed by atoms with E-state index < -0.39 is 0 Å². The second-order valence-corrected chi connectivity index (χ2v) is 8.17. The largest absolute Gasteiger partial charge is 0.367 e. The van der Waals surface area contributed by atoms with E-state index in [4.69, 9.17) is 9.97 Å². The number of hydrogen-bond acceptors (Lipinski definition) is 7. The van der Waals surface area contributed by atoms with E-state index in [9.17, 15) is 0 Å². The minimum Gasteiger partial charge on any atom is -0.367 e. The third kappa shape index (κ3) is 4.32. The molecule has 2 aromatic heterocycles. The molecule has 27 heavy (non-hydrogen) atoms. The van der Waals surface area contributed by atoms with Gasteiger partial charge < -0.3 is 19.6 Å². The molecule has 2 aliphatic heterocycles. The zero-order valence-electron chi connectivity index (χ0n) is 16.0. The number of likely N-dealkylation sites (N-methyl/N-ethyl adjacent to an activating group) is 1. The molecule has 4 heterocycles. The van der Waals surface area contributed by atoms with Crippen LogP contribution in [-0.4, -0.2) is 79.3 Å². The summed E-state index contributed by atoms with van der Waals surface area (Å²) in [5.41, 5.74) is 1.17. The predicted octanol–water partition coefficient (Wildman–Crippen LogP) is 2.02. The van der Waals surface area contributed by atoms with Crippen molar-refractivity contribution in [3.05, 3.63) is 34.8 Å². The lowest BCUT2D eigenvalue weighted by Crippen LogP contribution is -2.47. The van der Waals surface area contributed by atoms with Gasteiger partial charge >= 0.3 is 0 Å². The molecule has 0 bridgehead atoms. The molecule has 8 heteroatoms. The van der Waals surface area contributed by atoms with Gasteiger partial charge in [0.15, 0.2) is 0 Å². The second kappa shape index (κ2) is 7.98. The molecule has 0 aromatic carbocycles. The Hall–Kier alpha value is -1.93. The Balaban J connectivity index is 1.45. The van der Waals surface area contributed by atoms with Crippen LogP contribution in [-0.2, 0) is 0 Å². The molecule has 0 radical (unpaired) electrons. The van der Waals surface area contributed by atoms with Crippen molar-refractivity contribution in [2.45, 2.75) is 6.92 Å². The molecular formula is C19H26BrN7. The second-order valence-electron chi connectivity index (χ2n) is 7.26. The lowest BCUT2D eigenvalue weighted by Gasteiger charge is -2.37. The zero-order chi connectivity index (χ0) is 18.8. The SMILES string of the molecule is Cc1nc(N2CCN(C)CC2)cc(N2CCN(c3cncc(Br)c3)CC2)n1. The zero-order valence-corrected chi connectivity index (χ0v) is 17.6. The summed E-state index contributed by atoms with van der Waals surface area (Å²) < 4.78 is 1.02. The van der Waals surface area contributed by atoms with Gasteiger partial charge in [0, 0.05) is 69.1 Å². The summed E-state index contributed by atoms with van der Waals surface area (Å²) in [6.45, 7) is 10.0. The number of nitrogens with zero attached hydrogens (tertiary/aromatic N) is 7. The lowest BCUT2D eigenvalue weighted by molar-refractivity contribution is 0.312. The third-order valence-corrected chi connectivity index (χ3v) is 5.73. The average molecular weight is 432 g/mol. The molecule has 0 saturated carbocycles. The van der Waals surface area contributed by atoms with E-state index in [1.54, 1.807) is 0 Å². The molecule has 0 atom stereocenters. The van der Waals surface area contributed by atoms with Crippen molar-refractivity contribution >= 4 is 33.3 Å². The maximum atomic E-state index is 4.72. The van der Waals surface area contributed by atoms with Gasteiger partial charge in [-0.3, -0.25) is 4.98 Å². The predicted molar refractivity (Wildman–Crippen MR) is 113 cm³/mol. The minimum absolute atomic E-state index is 0.847.